The average molecular weight is 444 g/mol. The van der Waals surface area contributed by atoms with E-state index in [1.165, 1.54) is 5.56 Å². The summed E-state index contributed by atoms with van der Waals surface area (Å²) in [5, 5.41) is 14.0. The summed E-state index contributed by atoms with van der Waals surface area (Å²) in [7, 11) is 3.29. The number of phenolic OH excluding ortho intramolecular Hbond substituents is 1. The van der Waals surface area contributed by atoms with E-state index in [0.717, 1.165) is 35.4 Å². The molecule has 0 radical (unpaired) electrons. The lowest BCUT2D eigenvalue weighted by Crippen LogP contribution is -2.35. The molecule has 1 aromatic heterocycles. The molecule has 1 unspecified atom stereocenters. The van der Waals surface area contributed by atoms with Crippen molar-refractivity contribution in [1.29, 1.82) is 0 Å². The second-order valence-electron chi connectivity index (χ2n) is 8.00. The predicted molar refractivity (Wildman–Crippen MR) is 123 cm³/mol. The molecule has 3 aromatic carbocycles. The van der Waals surface area contributed by atoms with E-state index in [0.29, 0.717) is 24.0 Å². The molecule has 33 heavy (non-hydrogen) atoms. The number of ether oxygens (including phenoxy) is 2. The zero-order valence-electron chi connectivity index (χ0n) is 18.6. The number of phenols is 1. The Kier molecular flexibility index (Phi) is 5.71. The molecule has 7 nitrogen and oxygen atoms in total. The zero-order chi connectivity index (χ0) is 22.8. The van der Waals surface area contributed by atoms with E-state index in [2.05, 4.69) is 21.1 Å². The van der Waals surface area contributed by atoms with Crippen LogP contribution in [-0.2, 0) is 13.0 Å². The van der Waals surface area contributed by atoms with Gasteiger partial charge in [0, 0.05) is 12.1 Å². The molecule has 1 N–H and O–H groups in total. The summed E-state index contributed by atoms with van der Waals surface area (Å²) in [5.74, 6) is 2.78. The minimum atomic E-state index is -0.0683. The van der Waals surface area contributed by atoms with Gasteiger partial charge in [-0.3, -0.25) is 4.90 Å². The molecule has 0 amide bonds. The van der Waals surface area contributed by atoms with Gasteiger partial charge in [0.25, 0.3) is 0 Å². The van der Waals surface area contributed by atoms with E-state index in [9.17, 15) is 5.11 Å². The summed E-state index contributed by atoms with van der Waals surface area (Å²) >= 11 is 0. The summed E-state index contributed by atoms with van der Waals surface area (Å²) in [4.78, 5) is 6.94. The van der Waals surface area contributed by atoms with E-state index in [1.807, 2.05) is 48.5 Å². The van der Waals surface area contributed by atoms with E-state index in [1.54, 1.807) is 26.4 Å². The third-order valence-corrected chi connectivity index (χ3v) is 6.02. The molecule has 0 aliphatic carbocycles. The Labute approximate surface area is 192 Å². The van der Waals surface area contributed by atoms with Crippen molar-refractivity contribution in [2.24, 2.45) is 0 Å². The molecule has 1 aliphatic heterocycles. The van der Waals surface area contributed by atoms with Gasteiger partial charge in [0.1, 0.15) is 5.75 Å². The van der Waals surface area contributed by atoms with Crippen LogP contribution in [0.2, 0.25) is 0 Å². The molecule has 1 atom stereocenters. The molecule has 4 aromatic rings. The van der Waals surface area contributed by atoms with Gasteiger partial charge in [0.05, 0.1) is 26.8 Å². The van der Waals surface area contributed by atoms with Crippen molar-refractivity contribution in [3.8, 4) is 28.6 Å². The Morgan fingerprint density at radius 2 is 1.73 bits per heavy atom. The van der Waals surface area contributed by atoms with Crippen molar-refractivity contribution in [1.82, 2.24) is 15.0 Å². The van der Waals surface area contributed by atoms with Crippen molar-refractivity contribution in [3.63, 3.8) is 0 Å². The van der Waals surface area contributed by atoms with Gasteiger partial charge in [-0.25, -0.2) is 0 Å². The van der Waals surface area contributed by atoms with Crippen molar-refractivity contribution in [3.05, 3.63) is 89.3 Å². The Morgan fingerprint density at radius 1 is 1.00 bits per heavy atom. The minimum Gasteiger partial charge on any atom is -0.508 e. The quantitative estimate of drug-likeness (QED) is 0.466. The number of hydrogen-bond donors (Lipinski definition) is 1. The third kappa shape index (κ3) is 4.15. The normalized spacial score (nSPS) is 15.8. The minimum absolute atomic E-state index is 0.0683. The first-order chi connectivity index (χ1) is 16.2. The summed E-state index contributed by atoms with van der Waals surface area (Å²) in [5.41, 5.74) is 4.32. The second-order valence-corrected chi connectivity index (χ2v) is 8.00. The van der Waals surface area contributed by atoms with Crippen LogP contribution in [0.5, 0.6) is 17.2 Å². The maximum atomic E-state index is 9.83. The molecule has 168 valence electrons. The van der Waals surface area contributed by atoms with Crippen molar-refractivity contribution >= 4 is 0 Å². The van der Waals surface area contributed by atoms with Gasteiger partial charge in [-0.05, 0) is 47.4 Å². The first kappa shape index (κ1) is 21.0. The molecule has 5 rings (SSSR count). The third-order valence-electron chi connectivity index (χ3n) is 6.02. The number of fused-ring (bicyclic) bond motifs is 1. The van der Waals surface area contributed by atoms with Gasteiger partial charge < -0.3 is 19.1 Å². The SMILES string of the molecule is COc1cc2c(cc1OC)C(c1ccc(O)cc1)N(Cc1nc(-c3ccccc3)no1)CC2. The predicted octanol–water partition coefficient (Wildman–Crippen LogP) is 4.61. The molecule has 7 heteroatoms. The highest BCUT2D eigenvalue weighted by Crippen LogP contribution is 2.41. The lowest BCUT2D eigenvalue weighted by molar-refractivity contribution is 0.177. The van der Waals surface area contributed by atoms with Gasteiger partial charge in [-0.15, -0.1) is 0 Å². The summed E-state index contributed by atoms with van der Waals surface area (Å²) in [6.45, 7) is 1.30. The molecule has 0 bridgehead atoms. The number of hydrogen-bond acceptors (Lipinski definition) is 7. The Morgan fingerprint density at radius 3 is 2.45 bits per heavy atom. The fourth-order valence-electron chi connectivity index (χ4n) is 4.41. The highest BCUT2D eigenvalue weighted by Gasteiger charge is 2.31. The molecule has 0 saturated carbocycles. The maximum absolute atomic E-state index is 9.83. The fourth-order valence-corrected chi connectivity index (χ4v) is 4.41. The molecule has 0 saturated heterocycles. The van der Waals surface area contributed by atoms with Crippen LogP contribution in [-0.4, -0.2) is 40.9 Å². The first-order valence-electron chi connectivity index (χ1n) is 10.8. The molecular weight excluding hydrogens is 418 g/mol. The Balaban J connectivity index is 1.52. The van der Waals surface area contributed by atoms with Gasteiger partial charge in [-0.2, -0.15) is 4.98 Å². The zero-order valence-corrected chi connectivity index (χ0v) is 18.6. The molecule has 0 spiro atoms. The van der Waals surface area contributed by atoms with E-state index in [4.69, 9.17) is 14.0 Å². The summed E-state index contributed by atoms with van der Waals surface area (Å²) in [6.07, 6.45) is 0.851. The van der Waals surface area contributed by atoms with Crippen LogP contribution >= 0.6 is 0 Å². The number of aromatic hydroxyl groups is 1. The smallest absolute Gasteiger partial charge is 0.241 e. The highest BCUT2D eigenvalue weighted by molar-refractivity contribution is 5.54. The lowest BCUT2D eigenvalue weighted by atomic mass is 9.87. The number of methoxy groups -OCH3 is 2. The Bertz CT molecular complexity index is 1240. The van der Waals surface area contributed by atoms with Crippen LogP contribution in [0.4, 0.5) is 0 Å². The second kappa shape index (κ2) is 8.96. The number of rotatable bonds is 6. The highest BCUT2D eigenvalue weighted by atomic mass is 16.5. The van der Waals surface area contributed by atoms with E-state index in [-0.39, 0.29) is 11.8 Å². The van der Waals surface area contributed by atoms with Crippen LogP contribution in [0.1, 0.15) is 28.6 Å². The first-order valence-corrected chi connectivity index (χ1v) is 10.8. The largest absolute Gasteiger partial charge is 0.508 e. The van der Waals surface area contributed by atoms with E-state index < -0.39 is 0 Å². The van der Waals surface area contributed by atoms with Crippen molar-refractivity contribution in [2.45, 2.75) is 19.0 Å². The van der Waals surface area contributed by atoms with Crippen LogP contribution in [0, 0.1) is 0 Å². The number of aromatic nitrogens is 2. The van der Waals surface area contributed by atoms with Gasteiger partial charge in [0.2, 0.25) is 11.7 Å². The van der Waals surface area contributed by atoms with Crippen molar-refractivity contribution < 1.29 is 19.1 Å². The monoisotopic (exact) mass is 443 g/mol. The van der Waals surface area contributed by atoms with E-state index >= 15 is 0 Å². The molecular formula is C26H25N3O4. The number of nitrogens with zero attached hydrogens (tertiary/aromatic N) is 3. The lowest BCUT2D eigenvalue weighted by Gasteiger charge is -2.37. The molecule has 2 heterocycles. The van der Waals surface area contributed by atoms with Gasteiger partial charge >= 0.3 is 0 Å². The molecule has 0 fully saturated rings. The molecule has 1 aliphatic rings. The summed E-state index contributed by atoms with van der Waals surface area (Å²) < 4.78 is 16.7. The standard InChI is InChI=1S/C26H25N3O4/c1-31-22-14-19-12-13-29(16-24-27-26(28-33-24)18-6-4-3-5-7-18)25(21(19)15-23(22)32-2)17-8-10-20(30)11-9-17/h3-11,14-15,25,30H,12-13,16H2,1-2H3. The fraction of sp³-hybridized carbons (Fsp3) is 0.231. The number of benzene rings is 3. The van der Waals surface area contributed by atoms with Crippen LogP contribution in [0.15, 0.2) is 71.3 Å². The van der Waals surface area contributed by atoms with Crippen LogP contribution in [0.3, 0.4) is 0 Å². The summed E-state index contributed by atoms with van der Waals surface area (Å²) in [6, 6.07) is 21.1. The Hall–Kier alpha value is -3.84. The topological polar surface area (TPSA) is 80.9 Å². The average Bonchev–Trinajstić information content (AvgIpc) is 3.33. The van der Waals surface area contributed by atoms with Crippen LogP contribution < -0.4 is 9.47 Å². The van der Waals surface area contributed by atoms with Crippen LogP contribution in [0.25, 0.3) is 11.4 Å². The maximum Gasteiger partial charge on any atom is 0.241 e. The van der Waals surface area contributed by atoms with Gasteiger partial charge in [0.15, 0.2) is 11.5 Å². The van der Waals surface area contributed by atoms with Gasteiger partial charge in [-0.1, -0.05) is 47.6 Å². The van der Waals surface area contributed by atoms with Crippen molar-refractivity contribution in [2.75, 3.05) is 20.8 Å².